The molecule has 0 saturated carbocycles. The minimum absolute atomic E-state index is 0.509. The van der Waals surface area contributed by atoms with E-state index in [1.165, 1.54) is 11.1 Å². The summed E-state index contributed by atoms with van der Waals surface area (Å²) in [6.45, 7) is 9.31. The van der Waals surface area contributed by atoms with Crippen molar-refractivity contribution < 1.29 is 0 Å². The SMILES string of the molecule is CCNC(=NCC1CN(C)CCN1C)N1CCc2ccccc2C1. The topological polar surface area (TPSA) is 34.1 Å². The van der Waals surface area contributed by atoms with Gasteiger partial charge in [-0.1, -0.05) is 24.3 Å². The molecular formula is C19H31N5. The molecule has 1 aromatic carbocycles. The summed E-state index contributed by atoms with van der Waals surface area (Å²) in [5.41, 5.74) is 2.92. The number of fused-ring (bicyclic) bond motifs is 1. The van der Waals surface area contributed by atoms with Gasteiger partial charge in [0.1, 0.15) is 0 Å². The van der Waals surface area contributed by atoms with Crippen molar-refractivity contribution in [3.63, 3.8) is 0 Å². The maximum Gasteiger partial charge on any atom is 0.194 e. The molecule has 0 aromatic heterocycles. The highest BCUT2D eigenvalue weighted by Gasteiger charge is 2.23. The first-order valence-electron chi connectivity index (χ1n) is 9.16. The molecule has 0 aliphatic carbocycles. The fourth-order valence-corrected chi connectivity index (χ4v) is 3.59. The van der Waals surface area contributed by atoms with Crippen molar-refractivity contribution in [2.24, 2.45) is 4.99 Å². The van der Waals surface area contributed by atoms with Crippen molar-refractivity contribution in [3.05, 3.63) is 35.4 Å². The molecule has 1 saturated heterocycles. The number of likely N-dealkylation sites (N-methyl/N-ethyl adjacent to an activating group) is 2. The van der Waals surface area contributed by atoms with E-state index in [1.54, 1.807) is 0 Å². The molecule has 0 bridgehead atoms. The molecule has 0 spiro atoms. The van der Waals surface area contributed by atoms with Crippen LogP contribution in [0, 0.1) is 0 Å². The van der Waals surface area contributed by atoms with Crippen LogP contribution >= 0.6 is 0 Å². The van der Waals surface area contributed by atoms with Gasteiger partial charge in [-0.15, -0.1) is 0 Å². The van der Waals surface area contributed by atoms with E-state index in [-0.39, 0.29) is 0 Å². The average Bonchev–Trinajstić information content (AvgIpc) is 2.61. The summed E-state index contributed by atoms with van der Waals surface area (Å²) in [6.07, 6.45) is 1.10. The Morgan fingerprint density at radius 1 is 1.17 bits per heavy atom. The standard InChI is InChI=1S/C19H31N5/c1-4-20-19(21-13-18-15-22(2)11-12-23(18)3)24-10-9-16-7-5-6-8-17(16)14-24/h5-8,18H,4,9-15H2,1-3H3,(H,20,21). The molecule has 2 heterocycles. The van der Waals surface area contributed by atoms with Gasteiger partial charge in [0.15, 0.2) is 5.96 Å². The van der Waals surface area contributed by atoms with Crippen LogP contribution < -0.4 is 5.32 Å². The largest absolute Gasteiger partial charge is 0.357 e. The van der Waals surface area contributed by atoms with E-state index in [1.807, 2.05) is 0 Å². The zero-order valence-electron chi connectivity index (χ0n) is 15.3. The first kappa shape index (κ1) is 17.2. The van der Waals surface area contributed by atoms with Crippen molar-refractivity contribution in [1.29, 1.82) is 0 Å². The van der Waals surface area contributed by atoms with Crippen molar-refractivity contribution >= 4 is 5.96 Å². The van der Waals surface area contributed by atoms with Crippen LogP contribution in [-0.2, 0) is 13.0 Å². The van der Waals surface area contributed by atoms with Gasteiger partial charge in [0.25, 0.3) is 0 Å². The first-order chi connectivity index (χ1) is 11.7. The summed E-state index contributed by atoms with van der Waals surface area (Å²) in [5.74, 6) is 1.06. The van der Waals surface area contributed by atoms with E-state index in [4.69, 9.17) is 4.99 Å². The van der Waals surface area contributed by atoms with Crippen LogP contribution in [0.3, 0.4) is 0 Å². The number of benzene rings is 1. The minimum Gasteiger partial charge on any atom is -0.357 e. The summed E-state index contributed by atoms with van der Waals surface area (Å²) in [6, 6.07) is 9.29. The number of nitrogens with one attached hydrogen (secondary N) is 1. The quantitative estimate of drug-likeness (QED) is 0.669. The Kier molecular flexibility index (Phi) is 5.74. The molecule has 132 valence electrons. The Labute approximate surface area is 146 Å². The second-order valence-electron chi connectivity index (χ2n) is 7.03. The lowest BCUT2D eigenvalue weighted by molar-refractivity contribution is 0.119. The average molecular weight is 329 g/mol. The molecule has 5 nitrogen and oxygen atoms in total. The van der Waals surface area contributed by atoms with E-state index in [0.29, 0.717) is 6.04 Å². The maximum absolute atomic E-state index is 4.98. The van der Waals surface area contributed by atoms with Gasteiger partial charge in [-0.2, -0.15) is 0 Å². The second-order valence-corrected chi connectivity index (χ2v) is 7.03. The Bertz CT molecular complexity index is 571. The molecule has 0 amide bonds. The Hall–Kier alpha value is -1.59. The van der Waals surface area contributed by atoms with Crippen LogP contribution in [0.4, 0.5) is 0 Å². The molecule has 1 N–H and O–H groups in total. The number of hydrogen-bond donors (Lipinski definition) is 1. The van der Waals surface area contributed by atoms with Crippen LogP contribution in [0.5, 0.6) is 0 Å². The lowest BCUT2D eigenvalue weighted by Crippen LogP contribution is -2.52. The molecule has 1 aromatic rings. The number of nitrogens with zero attached hydrogens (tertiary/aromatic N) is 4. The normalized spacial score (nSPS) is 23.2. The third-order valence-electron chi connectivity index (χ3n) is 5.20. The molecule has 0 radical (unpaired) electrons. The second kappa shape index (κ2) is 7.99. The van der Waals surface area contributed by atoms with Gasteiger partial charge in [0.05, 0.1) is 6.54 Å². The molecule has 1 unspecified atom stereocenters. The third-order valence-corrected chi connectivity index (χ3v) is 5.20. The van der Waals surface area contributed by atoms with E-state index in [2.05, 4.69) is 65.3 Å². The fourth-order valence-electron chi connectivity index (χ4n) is 3.59. The van der Waals surface area contributed by atoms with Gasteiger partial charge in [-0.3, -0.25) is 9.89 Å². The van der Waals surface area contributed by atoms with Crippen LogP contribution in [-0.4, -0.2) is 80.1 Å². The van der Waals surface area contributed by atoms with Crippen LogP contribution in [0.15, 0.2) is 29.3 Å². The van der Waals surface area contributed by atoms with Crippen molar-refractivity contribution in [2.75, 3.05) is 53.4 Å². The highest BCUT2D eigenvalue weighted by atomic mass is 15.3. The van der Waals surface area contributed by atoms with Crippen LogP contribution in [0.1, 0.15) is 18.1 Å². The van der Waals surface area contributed by atoms with Gasteiger partial charge in [-0.05, 0) is 38.6 Å². The molecule has 2 aliphatic heterocycles. The summed E-state index contributed by atoms with van der Waals surface area (Å²) >= 11 is 0. The summed E-state index contributed by atoms with van der Waals surface area (Å²) in [5, 5.41) is 3.49. The predicted molar refractivity (Wildman–Crippen MR) is 100 cm³/mol. The van der Waals surface area contributed by atoms with Crippen molar-refractivity contribution in [3.8, 4) is 0 Å². The molecule has 3 rings (SSSR count). The molecular weight excluding hydrogens is 298 g/mol. The maximum atomic E-state index is 4.98. The molecule has 1 atom stereocenters. The number of hydrogen-bond acceptors (Lipinski definition) is 3. The zero-order chi connectivity index (χ0) is 16.9. The molecule has 5 heteroatoms. The molecule has 24 heavy (non-hydrogen) atoms. The van der Waals surface area contributed by atoms with Crippen LogP contribution in [0.25, 0.3) is 0 Å². The highest BCUT2D eigenvalue weighted by molar-refractivity contribution is 5.80. The highest BCUT2D eigenvalue weighted by Crippen LogP contribution is 2.18. The zero-order valence-corrected chi connectivity index (χ0v) is 15.3. The lowest BCUT2D eigenvalue weighted by Gasteiger charge is -2.37. The summed E-state index contributed by atoms with van der Waals surface area (Å²) in [4.78, 5) is 12.2. The number of aliphatic imine (C=N–C) groups is 1. The van der Waals surface area contributed by atoms with E-state index < -0.39 is 0 Å². The monoisotopic (exact) mass is 329 g/mol. The van der Waals surface area contributed by atoms with Gasteiger partial charge < -0.3 is 15.1 Å². The Morgan fingerprint density at radius 2 is 1.96 bits per heavy atom. The summed E-state index contributed by atoms with van der Waals surface area (Å²) in [7, 11) is 4.42. The van der Waals surface area contributed by atoms with E-state index in [9.17, 15) is 0 Å². The van der Waals surface area contributed by atoms with Crippen LogP contribution in [0.2, 0.25) is 0 Å². The lowest BCUT2D eigenvalue weighted by atomic mass is 10.0. The van der Waals surface area contributed by atoms with Gasteiger partial charge >= 0.3 is 0 Å². The third kappa shape index (κ3) is 4.08. The smallest absolute Gasteiger partial charge is 0.194 e. The Morgan fingerprint density at radius 3 is 2.75 bits per heavy atom. The molecule has 1 fully saturated rings. The predicted octanol–water partition coefficient (Wildman–Crippen LogP) is 1.26. The Balaban J connectivity index is 1.68. The fraction of sp³-hybridized carbons (Fsp3) is 0.632. The number of rotatable bonds is 3. The van der Waals surface area contributed by atoms with Crippen molar-refractivity contribution in [1.82, 2.24) is 20.0 Å². The van der Waals surface area contributed by atoms with Crippen molar-refractivity contribution in [2.45, 2.75) is 25.9 Å². The molecule has 2 aliphatic rings. The van der Waals surface area contributed by atoms with E-state index >= 15 is 0 Å². The van der Waals surface area contributed by atoms with Gasteiger partial charge in [0, 0.05) is 45.3 Å². The first-order valence-corrected chi connectivity index (χ1v) is 9.16. The van der Waals surface area contributed by atoms with E-state index in [0.717, 1.165) is 58.2 Å². The van der Waals surface area contributed by atoms with Gasteiger partial charge in [0.2, 0.25) is 0 Å². The summed E-state index contributed by atoms with van der Waals surface area (Å²) < 4.78 is 0. The number of piperazine rings is 1. The van der Waals surface area contributed by atoms with Gasteiger partial charge in [-0.25, -0.2) is 0 Å². The number of guanidine groups is 1. The minimum atomic E-state index is 0.509.